The summed E-state index contributed by atoms with van der Waals surface area (Å²) in [6.45, 7) is 3.54. The summed E-state index contributed by atoms with van der Waals surface area (Å²) in [5.41, 5.74) is 2.29. The van der Waals surface area contributed by atoms with Gasteiger partial charge in [0.25, 0.3) is 5.91 Å². The third-order valence-corrected chi connectivity index (χ3v) is 5.10. The Morgan fingerprint density at radius 1 is 1.15 bits per heavy atom. The minimum atomic E-state index is -0.272. The first-order valence-electron chi connectivity index (χ1n) is 8.34. The number of rotatable bonds is 6. The Hall–Kier alpha value is -2.64. The van der Waals surface area contributed by atoms with Gasteiger partial charge in [0.05, 0.1) is 10.2 Å². The molecule has 0 aliphatic carbocycles. The quantitative estimate of drug-likeness (QED) is 0.629. The summed E-state index contributed by atoms with van der Waals surface area (Å²) in [5.74, 6) is 0.226. The predicted molar refractivity (Wildman–Crippen MR) is 109 cm³/mol. The highest BCUT2D eigenvalue weighted by molar-refractivity contribution is 7.22. The lowest BCUT2D eigenvalue weighted by atomic mass is 10.2. The van der Waals surface area contributed by atoms with Crippen molar-refractivity contribution >= 4 is 55.8 Å². The van der Waals surface area contributed by atoms with E-state index < -0.39 is 0 Å². The molecule has 1 heterocycles. The number of hydrogen-bond donors (Lipinski definition) is 2. The number of nitrogens with one attached hydrogen (secondary N) is 2. The Kier molecular flexibility index (Phi) is 5.93. The summed E-state index contributed by atoms with van der Waals surface area (Å²) in [4.78, 5) is 28.0. The number of thiazole rings is 1. The lowest BCUT2D eigenvalue weighted by molar-refractivity contribution is -0.118. The van der Waals surface area contributed by atoms with E-state index >= 15 is 0 Å². The van der Waals surface area contributed by atoms with Gasteiger partial charge in [-0.05, 0) is 48.9 Å². The number of anilines is 2. The molecule has 27 heavy (non-hydrogen) atoms. The van der Waals surface area contributed by atoms with Crippen LogP contribution in [0.3, 0.4) is 0 Å². The lowest BCUT2D eigenvalue weighted by Gasteiger charge is -2.08. The highest BCUT2D eigenvalue weighted by Gasteiger charge is 2.09. The van der Waals surface area contributed by atoms with Crippen molar-refractivity contribution in [1.29, 1.82) is 0 Å². The van der Waals surface area contributed by atoms with E-state index in [0.29, 0.717) is 28.0 Å². The maximum Gasteiger partial charge on any atom is 0.262 e. The molecule has 0 bridgehead atoms. The average Bonchev–Trinajstić information content (AvgIpc) is 3.04. The number of aromatic nitrogens is 1. The fourth-order valence-electron chi connectivity index (χ4n) is 2.32. The van der Waals surface area contributed by atoms with Gasteiger partial charge in [-0.25, -0.2) is 4.98 Å². The van der Waals surface area contributed by atoms with Crippen LogP contribution in [0.25, 0.3) is 10.2 Å². The van der Waals surface area contributed by atoms with E-state index in [1.807, 2.05) is 13.0 Å². The van der Waals surface area contributed by atoms with Crippen LogP contribution in [0.15, 0.2) is 36.4 Å². The third kappa shape index (κ3) is 4.96. The predicted octanol–water partition coefficient (Wildman–Crippen LogP) is 4.62. The first kappa shape index (κ1) is 19.1. The van der Waals surface area contributed by atoms with E-state index in [9.17, 15) is 9.59 Å². The van der Waals surface area contributed by atoms with Gasteiger partial charge in [-0.3, -0.25) is 9.59 Å². The number of aryl methyl sites for hydroxylation is 1. The molecule has 2 aromatic carbocycles. The molecule has 8 heteroatoms. The number of amides is 2. The van der Waals surface area contributed by atoms with Gasteiger partial charge in [0.2, 0.25) is 5.91 Å². The maximum atomic E-state index is 12.1. The second kappa shape index (κ2) is 8.37. The molecule has 140 valence electrons. The SMILES string of the molecule is CCC(=O)Nc1nc2ccc(NC(=O)COc3ccc(Cl)c(C)c3)cc2s1. The monoisotopic (exact) mass is 403 g/mol. The average molecular weight is 404 g/mol. The number of halogens is 1. The molecule has 6 nitrogen and oxygen atoms in total. The van der Waals surface area contributed by atoms with Crippen LogP contribution < -0.4 is 15.4 Å². The topological polar surface area (TPSA) is 80.3 Å². The molecule has 0 saturated carbocycles. The van der Waals surface area contributed by atoms with Crippen LogP contribution in [0, 0.1) is 6.92 Å². The third-order valence-electron chi connectivity index (χ3n) is 3.74. The molecular weight excluding hydrogens is 386 g/mol. The van der Waals surface area contributed by atoms with Gasteiger partial charge in [-0.2, -0.15) is 0 Å². The molecule has 0 aliphatic heterocycles. The van der Waals surface area contributed by atoms with Crippen molar-refractivity contribution in [1.82, 2.24) is 4.98 Å². The first-order valence-corrected chi connectivity index (χ1v) is 9.53. The van der Waals surface area contributed by atoms with Crippen LogP contribution in [0.4, 0.5) is 10.8 Å². The number of fused-ring (bicyclic) bond motifs is 1. The Bertz CT molecular complexity index is 1000. The lowest BCUT2D eigenvalue weighted by Crippen LogP contribution is -2.20. The van der Waals surface area contributed by atoms with Gasteiger partial charge >= 0.3 is 0 Å². The summed E-state index contributed by atoms with van der Waals surface area (Å²) in [7, 11) is 0. The van der Waals surface area contributed by atoms with Crippen molar-refractivity contribution < 1.29 is 14.3 Å². The molecule has 1 aromatic heterocycles. The van der Waals surface area contributed by atoms with Crippen molar-refractivity contribution in [3.63, 3.8) is 0 Å². The normalized spacial score (nSPS) is 10.6. The minimum absolute atomic E-state index is 0.0860. The number of benzene rings is 2. The zero-order chi connectivity index (χ0) is 19.4. The van der Waals surface area contributed by atoms with Crippen molar-refractivity contribution in [3.05, 3.63) is 47.0 Å². The summed E-state index contributed by atoms with van der Waals surface area (Å²) in [6, 6.07) is 10.6. The number of nitrogens with zero attached hydrogens (tertiary/aromatic N) is 1. The van der Waals surface area contributed by atoms with E-state index in [0.717, 1.165) is 15.8 Å². The minimum Gasteiger partial charge on any atom is -0.484 e. The van der Waals surface area contributed by atoms with E-state index in [4.69, 9.17) is 16.3 Å². The highest BCUT2D eigenvalue weighted by Crippen LogP contribution is 2.28. The van der Waals surface area contributed by atoms with Gasteiger partial charge in [0, 0.05) is 17.1 Å². The number of hydrogen-bond acceptors (Lipinski definition) is 5. The highest BCUT2D eigenvalue weighted by atomic mass is 35.5. The molecule has 0 radical (unpaired) electrons. The standard InChI is InChI=1S/C19H18ClN3O3S/c1-3-17(24)23-19-22-15-7-4-12(9-16(15)27-19)21-18(25)10-26-13-5-6-14(20)11(2)8-13/h4-9H,3,10H2,1-2H3,(H,21,25)(H,22,23,24). The van der Waals surface area contributed by atoms with E-state index in [2.05, 4.69) is 15.6 Å². The second-order valence-electron chi connectivity index (χ2n) is 5.85. The summed E-state index contributed by atoms with van der Waals surface area (Å²) < 4.78 is 6.36. The second-order valence-corrected chi connectivity index (χ2v) is 7.29. The molecule has 3 rings (SSSR count). The summed E-state index contributed by atoms with van der Waals surface area (Å²) in [6.07, 6.45) is 0.393. The largest absolute Gasteiger partial charge is 0.484 e. The molecule has 2 amide bonds. The molecule has 0 aliphatic rings. The fourth-order valence-corrected chi connectivity index (χ4v) is 3.36. The van der Waals surface area contributed by atoms with Crippen molar-refractivity contribution in [2.45, 2.75) is 20.3 Å². The van der Waals surface area contributed by atoms with Crippen LogP contribution in [0.1, 0.15) is 18.9 Å². The fraction of sp³-hybridized carbons (Fsp3) is 0.211. The summed E-state index contributed by atoms with van der Waals surface area (Å²) in [5, 5.41) is 6.73. The van der Waals surface area contributed by atoms with Crippen LogP contribution in [0.2, 0.25) is 5.02 Å². The molecule has 0 spiro atoms. The number of carbonyl (C=O) groups is 2. The molecule has 0 atom stereocenters. The summed E-state index contributed by atoms with van der Waals surface area (Å²) >= 11 is 7.33. The molecular formula is C19H18ClN3O3S. The Morgan fingerprint density at radius 3 is 2.70 bits per heavy atom. The van der Waals surface area contributed by atoms with Crippen molar-refractivity contribution in [2.24, 2.45) is 0 Å². The Balaban J connectivity index is 1.62. The number of ether oxygens (including phenoxy) is 1. The van der Waals surface area contributed by atoms with Gasteiger partial charge in [-0.15, -0.1) is 0 Å². The molecule has 3 aromatic rings. The van der Waals surface area contributed by atoms with Crippen LogP contribution in [-0.2, 0) is 9.59 Å². The Labute approximate surface area is 165 Å². The van der Waals surface area contributed by atoms with Gasteiger partial charge in [-0.1, -0.05) is 29.9 Å². The van der Waals surface area contributed by atoms with Gasteiger partial charge < -0.3 is 15.4 Å². The van der Waals surface area contributed by atoms with Crippen molar-refractivity contribution in [2.75, 3.05) is 17.2 Å². The molecule has 0 fully saturated rings. The molecule has 0 unspecified atom stereocenters. The van der Waals surface area contributed by atoms with Crippen LogP contribution in [-0.4, -0.2) is 23.4 Å². The van der Waals surface area contributed by atoms with Crippen LogP contribution >= 0.6 is 22.9 Å². The zero-order valence-electron chi connectivity index (χ0n) is 14.8. The zero-order valence-corrected chi connectivity index (χ0v) is 16.4. The van der Waals surface area contributed by atoms with Gasteiger partial charge in [0.1, 0.15) is 5.75 Å². The van der Waals surface area contributed by atoms with E-state index in [1.54, 1.807) is 37.3 Å². The van der Waals surface area contributed by atoms with Crippen LogP contribution in [0.5, 0.6) is 5.75 Å². The van der Waals surface area contributed by atoms with Gasteiger partial charge in [0.15, 0.2) is 11.7 Å². The Morgan fingerprint density at radius 2 is 1.96 bits per heavy atom. The maximum absolute atomic E-state index is 12.1. The van der Waals surface area contributed by atoms with E-state index in [-0.39, 0.29) is 18.4 Å². The van der Waals surface area contributed by atoms with E-state index in [1.165, 1.54) is 11.3 Å². The first-order chi connectivity index (χ1) is 12.9. The number of carbonyl (C=O) groups excluding carboxylic acids is 2. The molecule has 0 saturated heterocycles. The van der Waals surface area contributed by atoms with Crippen molar-refractivity contribution in [3.8, 4) is 5.75 Å². The smallest absolute Gasteiger partial charge is 0.262 e. The molecule has 2 N–H and O–H groups in total.